The monoisotopic (exact) mass is 387 g/mol. The predicted octanol–water partition coefficient (Wildman–Crippen LogP) is 4.74. The Labute approximate surface area is 170 Å². The van der Waals surface area contributed by atoms with Gasteiger partial charge in [0.15, 0.2) is 5.11 Å². The van der Waals surface area contributed by atoms with E-state index < -0.39 is 0 Å². The van der Waals surface area contributed by atoms with Crippen molar-refractivity contribution in [1.82, 2.24) is 4.90 Å². The number of benzene rings is 3. The van der Waals surface area contributed by atoms with Crippen LogP contribution < -0.4 is 10.6 Å². The summed E-state index contributed by atoms with van der Waals surface area (Å²) in [6, 6.07) is 25.9. The molecule has 0 bridgehead atoms. The standard InChI is InChI=1S/C23H21N3OS/c1-16-11-13-17(14-12-16)22-19-9-5-6-10-20(19)25-21(27)15-26(22)23(28)24-18-7-3-2-4-8-18/h2-14,22H,15H2,1H3,(H,24,28)(H,25,27)/t22-/m0/s1. The molecule has 4 nitrogen and oxygen atoms in total. The number of hydrogen-bond acceptors (Lipinski definition) is 2. The lowest BCUT2D eigenvalue weighted by Gasteiger charge is -2.32. The highest BCUT2D eigenvalue weighted by atomic mass is 32.1. The minimum atomic E-state index is -0.167. The third kappa shape index (κ3) is 3.75. The van der Waals surface area contributed by atoms with Crippen molar-refractivity contribution in [1.29, 1.82) is 0 Å². The number of para-hydroxylation sites is 2. The van der Waals surface area contributed by atoms with Crippen LogP contribution in [-0.4, -0.2) is 22.5 Å². The average molecular weight is 388 g/mol. The second kappa shape index (κ2) is 7.82. The first kappa shape index (κ1) is 18.2. The summed E-state index contributed by atoms with van der Waals surface area (Å²) in [5, 5.41) is 6.81. The zero-order valence-electron chi connectivity index (χ0n) is 15.6. The van der Waals surface area contributed by atoms with E-state index >= 15 is 0 Å². The van der Waals surface area contributed by atoms with Crippen LogP contribution in [0.15, 0.2) is 78.9 Å². The Kier molecular flexibility index (Phi) is 5.08. The molecular weight excluding hydrogens is 366 g/mol. The van der Waals surface area contributed by atoms with E-state index in [9.17, 15) is 4.79 Å². The van der Waals surface area contributed by atoms with Crippen molar-refractivity contribution >= 4 is 34.6 Å². The largest absolute Gasteiger partial charge is 0.333 e. The molecule has 0 fully saturated rings. The van der Waals surface area contributed by atoms with Crippen molar-refractivity contribution in [3.63, 3.8) is 0 Å². The Balaban J connectivity index is 1.78. The van der Waals surface area contributed by atoms with E-state index in [-0.39, 0.29) is 18.5 Å². The molecule has 0 saturated heterocycles. The Morgan fingerprint density at radius 3 is 2.43 bits per heavy atom. The molecule has 140 valence electrons. The van der Waals surface area contributed by atoms with Crippen molar-refractivity contribution in [2.24, 2.45) is 0 Å². The van der Waals surface area contributed by atoms with Gasteiger partial charge in [0.25, 0.3) is 0 Å². The summed E-state index contributed by atoms with van der Waals surface area (Å²) in [5.74, 6) is -0.0840. The summed E-state index contributed by atoms with van der Waals surface area (Å²) in [5.41, 5.74) is 5.02. The van der Waals surface area contributed by atoms with Gasteiger partial charge in [-0.2, -0.15) is 0 Å². The lowest BCUT2D eigenvalue weighted by atomic mass is 9.95. The Bertz CT molecular complexity index is 1000. The first-order valence-corrected chi connectivity index (χ1v) is 9.60. The number of hydrogen-bond donors (Lipinski definition) is 2. The van der Waals surface area contributed by atoms with E-state index in [4.69, 9.17) is 12.2 Å². The highest BCUT2D eigenvalue weighted by Crippen LogP contribution is 2.36. The van der Waals surface area contributed by atoms with Crippen LogP contribution in [0.5, 0.6) is 0 Å². The molecule has 0 aromatic heterocycles. The van der Waals surface area contributed by atoms with Crippen LogP contribution >= 0.6 is 12.2 Å². The topological polar surface area (TPSA) is 44.4 Å². The second-order valence-electron chi connectivity index (χ2n) is 6.87. The van der Waals surface area contributed by atoms with Crippen LogP contribution in [0.2, 0.25) is 0 Å². The van der Waals surface area contributed by atoms with E-state index in [1.165, 1.54) is 5.56 Å². The van der Waals surface area contributed by atoms with Crippen LogP contribution in [0.25, 0.3) is 0 Å². The summed E-state index contributed by atoms with van der Waals surface area (Å²) in [4.78, 5) is 14.6. The van der Waals surface area contributed by atoms with Gasteiger partial charge in [0.2, 0.25) is 5.91 Å². The number of nitrogens with zero attached hydrogens (tertiary/aromatic N) is 1. The van der Waals surface area contributed by atoms with Gasteiger partial charge >= 0.3 is 0 Å². The van der Waals surface area contributed by atoms with Gasteiger partial charge in [-0.1, -0.05) is 66.2 Å². The van der Waals surface area contributed by atoms with Crippen molar-refractivity contribution in [2.45, 2.75) is 13.0 Å². The quantitative estimate of drug-likeness (QED) is 0.624. The maximum atomic E-state index is 12.6. The Hall–Kier alpha value is -3.18. The number of carbonyl (C=O) groups is 1. The molecule has 1 amide bonds. The number of thiocarbonyl (C=S) groups is 1. The molecule has 1 heterocycles. The molecule has 0 saturated carbocycles. The third-order valence-electron chi connectivity index (χ3n) is 4.83. The third-order valence-corrected chi connectivity index (χ3v) is 5.17. The number of amides is 1. The lowest BCUT2D eigenvalue weighted by Crippen LogP contribution is -2.41. The SMILES string of the molecule is Cc1ccc([C@H]2c3ccccc3NC(=O)CN2C(=S)Nc2ccccc2)cc1. The fraction of sp³-hybridized carbons (Fsp3) is 0.130. The van der Waals surface area contributed by atoms with Gasteiger partial charge in [-0.15, -0.1) is 0 Å². The Morgan fingerprint density at radius 2 is 1.68 bits per heavy atom. The van der Waals surface area contributed by atoms with Crippen LogP contribution in [0.4, 0.5) is 11.4 Å². The fourth-order valence-corrected chi connectivity index (χ4v) is 3.75. The maximum absolute atomic E-state index is 12.6. The van der Waals surface area contributed by atoms with Gasteiger partial charge in [0.05, 0.1) is 6.04 Å². The predicted molar refractivity (Wildman–Crippen MR) is 117 cm³/mol. The molecule has 3 aromatic rings. The normalized spacial score (nSPS) is 16.0. The Morgan fingerprint density at radius 1 is 1.00 bits per heavy atom. The summed E-state index contributed by atoms with van der Waals surface area (Å²) < 4.78 is 0. The number of fused-ring (bicyclic) bond motifs is 1. The molecule has 2 N–H and O–H groups in total. The van der Waals surface area contributed by atoms with E-state index in [0.717, 1.165) is 22.5 Å². The van der Waals surface area contributed by atoms with Crippen molar-refractivity contribution < 1.29 is 4.79 Å². The van der Waals surface area contributed by atoms with Crippen molar-refractivity contribution in [3.8, 4) is 0 Å². The van der Waals surface area contributed by atoms with Crippen LogP contribution in [0.1, 0.15) is 22.7 Å². The minimum Gasteiger partial charge on any atom is -0.333 e. The number of rotatable bonds is 2. The molecule has 3 aromatic carbocycles. The molecule has 0 aliphatic carbocycles. The molecule has 1 aliphatic heterocycles. The van der Waals surface area contributed by atoms with Crippen LogP contribution in [0, 0.1) is 6.92 Å². The minimum absolute atomic E-state index is 0.0840. The number of anilines is 2. The van der Waals surface area contributed by atoms with E-state index in [2.05, 4.69) is 41.8 Å². The van der Waals surface area contributed by atoms with Crippen LogP contribution in [0.3, 0.4) is 0 Å². The zero-order valence-corrected chi connectivity index (χ0v) is 16.4. The van der Waals surface area contributed by atoms with Crippen LogP contribution in [-0.2, 0) is 4.79 Å². The molecule has 1 aliphatic rings. The second-order valence-corrected chi connectivity index (χ2v) is 7.26. The first-order valence-electron chi connectivity index (χ1n) is 9.20. The summed E-state index contributed by atoms with van der Waals surface area (Å²) in [7, 11) is 0. The molecule has 1 atom stereocenters. The summed E-state index contributed by atoms with van der Waals surface area (Å²) in [6.45, 7) is 2.24. The smallest absolute Gasteiger partial charge is 0.244 e. The molecular formula is C23H21N3OS. The highest BCUT2D eigenvalue weighted by molar-refractivity contribution is 7.80. The fourth-order valence-electron chi connectivity index (χ4n) is 3.47. The van der Waals surface area contributed by atoms with E-state index in [1.807, 2.05) is 59.5 Å². The number of nitrogens with one attached hydrogen (secondary N) is 2. The van der Waals surface area contributed by atoms with Gasteiger partial charge in [0.1, 0.15) is 6.54 Å². The number of carbonyl (C=O) groups excluding carboxylic acids is 1. The molecule has 0 radical (unpaired) electrons. The first-order chi connectivity index (χ1) is 13.6. The zero-order chi connectivity index (χ0) is 19.5. The molecule has 4 rings (SSSR count). The van der Waals surface area contributed by atoms with Gasteiger partial charge in [-0.05, 0) is 42.9 Å². The van der Waals surface area contributed by atoms with Gasteiger partial charge < -0.3 is 15.5 Å². The number of aryl methyl sites for hydroxylation is 1. The summed E-state index contributed by atoms with van der Waals surface area (Å²) in [6.07, 6.45) is 0. The van der Waals surface area contributed by atoms with E-state index in [0.29, 0.717) is 5.11 Å². The molecule has 5 heteroatoms. The molecule has 28 heavy (non-hydrogen) atoms. The maximum Gasteiger partial charge on any atom is 0.244 e. The van der Waals surface area contributed by atoms with Crippen molar-refractivity contribution in [2.75, 3.05) is 17.2 Å². The van der Waals surface area contributed by atoms with E-state index in [1.54, 1.807) is 0 Å². The van der Waals surface area contributed by atoms with Crippen molar-refractivity contribution in [3.05, 3.63) is 95.6 Å². The van der Waals surface area contributed by atoms with Gasteiger partial charge in [0, 0.05) is 16.9 Å². The highest BCUT2D eigenvalue weighted by Gasteiger charge is 2.31. The van der Waals surface area contributed by atoms with Gasteiger partial charge in [-0.25, -0.2) is 0 Å². The summed E-state index contributed by atoms with van der Waals surface area (Å²) >= 11 is 5.74. The van der Waals surface area contributed by atoms with Gasteiger partial charge in [-0.3, -0.25) is 4.79 Å². The lowest BCUT2D eigenvalue weighted by molar-refractivity contribution is -0.116. The average Bonchev–Trinajstić information content (AvgIpc) is 2.85. The molecule has 0 spiro atoms. The molecule has 0 unspecified atom stereocenters.